The van der Waals surface area contributed by atoms with E-state index in [0.29, 0.717) is 12.6 Å². The van der Waals surface area contributed by atoms with Crippen LogP contribution in [0.5, 0.6) is 5.75 Å². The molecule has 1 aromatic heterocycles. The van der Waals surface area contributed by atoms with Gasteiger partial charge in [0.15, 0.2) is 0 Å². The van der Waals surface area contributed by atoms with E-state index in [9.17, 15) is 0 Å². The molecule has 0 spiro atoms. The fourth-order valence-corrected chi connectivity index (χ4v) is 2.13. The predicted molar refractivity (Wildman–Crippen MR) is 86.6 cm³/mol. The molecule has 2 aromatic rings. The number of aryl methyl sites for hydroxylation is 1. The molecule has 3 heteroatoms. The molecule has 0 bridgehead atoms. The molecular formula is C18H24N2O. The number of hydrogen-bond acceptors (Lipinski definition) is 3. The van der Waals surface area contributed by atoms with Gasteiger partial charge in [-0.2, -0.15) is 0 Å². The normalized spacial score (nSPS) is 10.9. The largest absolute Gasteiger partial charge is 0.493 e. The van der Waals surface area contributed by atoms with Gasteiger partial charge >= 0.3 is 0 Å². The highest BCUT2D eigenvalue weighted by molar-refractivity contribution is 5.37. The third kappa shape index (κ3) is 5.20. The van der Waals surface area contributed by atoms with E-state index in [4.69, 9.17) is 4.74 Å². The molecule has 0 saturated carbocycles. The Kier molecular flexibility index (Phi) is 5.76. The maximum Gasteiger partial charge on any atom is 0.123 e. The quantitative estimate of drug-likeness (QED) is 0.845. The number of aromatic nitrogens is 1. The first-order valence-corrected chi connectivity index (χ1v) is 7.50. The van der Waals surface area contributed by atoms with Crippen LogP contribution in [0.1, 0.15) is 30.5 Å². The number of hydrogen-bond donors (Lipinski definition) is 1. The monoisotopic (exact) mass is 284 g/mol. The number of rotatable bonds is 7. The Morgan fingerprint density at radius 3 is 2.62 bits per heavy atom. The van der Waals surface area contributed by atoms with Crippen LogP contribution in [0.4, 0.5) is 0 Å². The molecule has 0 radical (unpaired) electrons. The summed E-state index contributed by atoms with van der Waals surface area (Å²) in [5.41, 5.74) is 3.73. The lowest BCUT2D eigenvalue weighted by molar-refractivity contribution is 0.317. The van der Waals surface area contributed by atoms with Crippen LogP contribution in [-0.4, -0.2) is 17.6 Å². The molecule has 0 atom stereocenters. The SMILES string of the molecule is Cc1ccc(OCCc2ccncc2)c(CNC(C)C)c1. The van der Waals surface area contributed by atoms with E-state index in [1.54, 1.807) is 0 Å². The van der Waals surface area contributed by atoms with E-state index < -0.39 is 0 Å². The van der Waals surface area contributed by atoms with Crippen LogP contribution in [0, 0.1) is 6.92 Å². The highest BCUT2D eigenvalue weighted by Crippen LogP contribution is 2.20. The van der Waals surface area contributed by atoms with Gasteiger partial charge in [0, 0.05) is 37.0 Å². The smallest absolute Gasteiger partial charge is 0.123 e. The Hall–Kier alpha value is -1.87. The molecule has 2 rings (SSSR count). The minimum atomic E-state index is 0.468. The first-order chi connectivity index (χ1) is 10.1. The Bertz CT molecular complexity index is 552. The first kappa shape index (κ1) is 15.5. The molecule has 0 unspecified atom stereocenters. The molecule has 1 heterocycles. The maximum absolute atomic E-state index is 5.97. The number of pyridine rings is 1. The zero-order valence-corrected chi connectivity index (χ0v) is 13.1. The van der Waals surface area contributed by atoms with Gasteiger partial charge in [0.1, 0.15) is 5.75 Å². The van der Waals surface area contributed by atoms with Gasteiger partial charge in [-0.15, -0.1) is 0 Å². The molecule has 1 N–H and O–H groups in total. The second-order valence-electron chi connectivity index (χ2n) is 5.60. The van der Waals surface area contributed by atoms with Crippen LogP contribution in [0.25, 0.3) is 0 Å². The summed E-state index contributed by atoms with van der Waals surface area (Å²) in [6.07, 6.45) is 4.53. The zero-order valence-electron chi connectivity index (χ0n) is 13.1. The second kappa shape index (κ2) is 7.79. The number of nitrogens with zero attached hydrogens (tertiary/aromatic N) is 1. The molecule has 1 aromatic carbocycles. The second-order valence-corrected chi connectivity index (χ2v) is 5.60. The van der Waals surface area contributed by atoms with Gasteiger partial charge in [-0.1, -0.05) is 31.5 Å². The zero-order chi connectivity index (χ0) is 15.1. The van der Waals surface area contributed by atoms with Gasteiger partial charge in [0.05, 0.1) is 6.61 Å². The van der Waals surface area contributed by atoms with Crippen molar-refractivity contribution in [2.24, 2.45) is 0 Å². The van der Waals surface area contributed by atoms with Gasteiger partial charge in [-0.25, -0.2) is 0 Å². The van der Waals surface area contributed by atoms with Crippen molar-refractivity contribution in [3.8, 4) is 5.75 Å². The minimum absolute atomic E-state index is 0.468. The Balaban J connectivity index is 1.95. The molecule has 21 heavy (non-hydrogen) atoms. The highest BCUT2D eigenvalue weighted by Gasteiger charge is 2.05. The van der Waals surface area contributed by atoms with Gasteiger partial charge in [-0.3, -0.25) is 4.98 Å². The maximum atomic E-state index is 5.97. The van der Waals surface area contributed by atoms with Crippen molar-refractivity contribution in [2.45, 2.75) is 39.8 Å². The third-order valence-corrected chi connectivity index (χ3v) is 3.31. The average molecular weight is 284 g/mol. The van der Waals surface area contributed by atoms with Gasteiger partial charge < -0.3 is 10.1 Å². The summed E-state index contributed by atoms with van der Waals surface area (Å²) >= 11 is 0. The van der Waals surface area contributed by atoms with Crippen LogP contribution in [0.2, 0.25) is 0 Å². The molecule has 0 amide bonds. The Morgan fingerprint density at radius 1 is 1.14 bits per heavy atom. The Labute approximate surface area is 127 Å². The van der Waals surface area contributed by atoms with E-state index in [2.05, 4.69) is 49.3 Å². The lowest BCUT2D eigenvalue weighted by Gasteiger charge is -2.14. The lowest BCUT2D eigenvalue weighted by atomic mass is 10.1. The fourth-order valence-electron chi connectivity index (χ4n) is 2.13. The van der Waals surface area contributed by atoms with Crippen LogP contribution in [0.15, 0.2) is 42.7 Å². The molecule has 0 aliphatic heterocycles. The van der Waals surface area contributed by atoms with E-state index in [1.807, 2.05) is 24.5 Å². The van der Waals surface area contributed by atoms with Gasteiger partial charge in [0.2, 0.25) is 0 Å². The Morgan fingerprint density at radius 2 is 1.90 bits per heavy atom. The standard InChI is InChI=1S/C18H24N2O/c1-14(2)20-13-17-12-15(3)4-5-18(17)21-11-8-16-6-9-19-10-7-16/h4-7,9-10,12,14,20H,8,11,13H2,1-3H3. The van der Waals surface area contributed by atoms with Crippen molar-refractivity contribution >= 4 is 0 Å². The summed E-state index contributed by atoms with van der Waals surface area (Å²) in [4.78, 5) is 4.03. The molecule has 0 aliphatic rings. The van der Waals surface area contributed by atoms with Crippen LogP contribution in [0.3, 0.4) is 0 Å². The molecule has 112 valence electrons. The summed E-state index contributed by atoms with van der Waals surface area (Å²) < 4.78 is 5.97. The lowest BCUT2D eigenvalue weighted by Crippen LogP contribution is -2.22. The minimum Gasteiger partial charge on any atom is -0.493 e. The van der Waals surface area contributed by atoms with Crippen LogP contribution < -0.4 is 10.1 Å². The number of nitrogens with one attached hydrogen (secondary N) is 1. The number of ether oxygens (including phenoxy) is 1. The molecule has 0 fully saturated rings. The van der Waals surface area contributed by atoms with E-state index in [1.165, 1.54) is 16.7 Å². The third-order valence-electron chi connectivity index (χ3n) is 3.31. The van der Waals surface area contributed by atoms with Crippen molar-refractivity contribution in [1.82, 2.24) is 10.3 Å². The molecule has 0 aliphatic carbocycles. The summed E-state index contributed by atoms with van der Waals surface area (Å²) in [7, 11) is 0. The molecular weight excluding hydrogens is 260 g/mol. The molecule has 3 nitrogen and oxygen atoms in total. The van der Waals surface area contributed by atoms with Crippen molar-refractivity contribution in [3.05, 3.63) is 59.4 Å². The van der Waals surface area contributed by atoms with Gasteiger partial charge in [0.25, 0.3) is 0 Å². The first-order valence-electron chi connectivity index (χ1n) is 7.50. The van der Waals surface area contributed by atoms with Crippen LogP contribution in [-0.2, 0) is 13.0 Å². The van der Waals surface area contributed by atoms with Crippen LogP contribution >= 0.6 is 0 Å². The van der Waals surface area contributed by atoms with Crippen molar-refractivity contribution in [3.63, 3.8) is 0 Å². The summed E-state index contributed by atoms with van der Waals surface area (Å²) in [5.74, 6) is 0.975. The highest BCUT2D eigenvalue weighted by atomic mass is 16.5. The fraction of sp³-hybridized carbons (Fsp3) is 0.389. The van der Waals surface area contributed by atoms with E-state index in [-0.39, 0.29) is 0 Å². The number of benzene rings is 1. The van der Waals surface area contributed by atoms with E-state index >= 15 is 0 Å². The molecule has 0 saturated heterocycles. The topological polar surface area (TPSA) is 34.1 Å². The van der Waals surface area contributed by atoms with Crippen molar-refractivity contribution < 1.29 is 4.74 Å². The van der Waals surface area contributed by atoms with Gasteiger partial charge in [-0.05, 0) is 30.7 Å². The summed E-state index contributed by atoms with van der Waals surface area (Å²) in [5, 5.41) is 3.45. The summed E-state index contributed by atoms with van der Waals surface area (Å²) in [6.45, 7) is 7.94. The van der Waals surface area contributed by atoms with E-state index in [0.717, 1.165) is 18.7 Å². The average Bonchev–Trinajstić information content (AvgIpc) is 2.48. The van der Waals surface area contributed by atoms with Crippen molar-refractivity contribution in [2.75, 3.05) is 6.61 Å². The summed E-state index contributed by atoms with van der Waals surface area (Å²) in [6, 6.07) is 10.9. The van der Waals surface area contributed by atoms with Crippen molar-refractivity contribution in [1.29, 1.82) is 0 Å². The predicted octanol–water partition coefficient (Wildman–Crippen LogP) is 3.51.